The molecule has 0 saturated carbocycles. The molecule has 0 bridgehead atoms. The summed E-state index contributed by atoms with van der Waals surface area (Å²) >= 11 is 0. The quantitative estimate of drug-likeness (QED) is 0.741. The minimum Gasteiger partial charge on any atom is -0.481 e. The zero-order chi connectivity index (χ0) is 12.9. The van der Waals surface area contributed by atoms with E-state index >= 15 is 0 Å². The van der Waals surface area contributed by atoms with Gasteiger partial charge in [-0.3, -0.25) is 4.79 Å². The first kappa shape index (κ1) is 14.5. The van der Waals surface area contributed by atoms with Crippen molar-refractivity contribution in [3.05, 3.63) is 0 Å². The van der Waals surface area contributed by atoms with Crippen molar-refractivity contribution >= 4 is 5.97 Å². The van der Waals surface area contributed by atoms with Crippen LogP contribution < -0.4 is 0 Å². The molecule has 1 aliphatic heterocycles. The Morgan fingerprint density at radius 3 is 2.82 bits per heavy atom. The van der Waals surface area contributed by atoms with E-state index in [1.807, 2.05) is 13.8 Å². The molecule has 1 aliphatic rings. The molecule has 1 rings (SSSR count). The highest BCUT2D eigenvalue weighted by Crippen LogP contribution is 2.28. The zero-order valence-corrected chi connectivity index (χ0v) is 11.2. The van der Waals surface area contributed by atoms with E-state index in [0.717, 1.165) is 39.0 Å². The normalized spacial score (nSPS) is 24.8. The summed E-state index contributed by atoms with van der Waals surface area (Å²) < 4.78 is 5.16. The maximum Gasteiger partial charge on any atom is 0.310 e. The Hall–Kier alpha value is -0.610. The van der Waals surface area contributed by atoms with E-state index in [9.17, 15) is 9.90 Å². The van der Waals surface area contributed by atoms with Gasteiger partial charge in [-0.25, -0.2) is 0 Å². The topological polar surface area (TPSA) is 49.8 Å². The fraction of sp³-hybridized carbons (Fsp3) is 0.923. The van der Waals surface area contributed by atoms with Crippen LogP contribution in [0.15, 0.2) is 0 Å². The summed E-state index contributed by atoms with van der Waals surface area (Å²) in [7, 11) is 1.72. The average Bonchev–Trinajstić information content (AvgIpc) is 2.66. The number of nitrogens with zero attached hydrogens (tertiary/aromatic N) is 1. The van der Waals surface area contributed by atoms with E-state index in [-0.39, 0.29) is 0 Å². The Morgan fingerprint density at radius 2 is 2.29 bits per heavy atom. The van der Waals surface area contributed by atoms with Crippen molar-refractivity contribution in [1.82, 2.24) is 4.90 Å². The smallest absolute Gasteiger partial charge is 0.310 e. The molecule has 1 fully saturated rings. The molecule has 1 saturated heterocycles. The maximum absolute atomic E-state index is 11.4. The van der Waals surface area contributed by atoms with Gasteiger partial charge in [-0.15, -0.1) is 0 Å². The molecule has 0 radical (unpaired) electrons. The summed E-state index contributed by atoms with van der Waals surface area (Å²) in [5, 5.41) is 9.34. The molecule has 2 atom stereocenters. The van der Waals surface area contributed by atoms with Crippen LogP contribution in [-0.4, -0.2) is 49.3 Å². The van der Waals surface area contributed by atoms with Gasteiger partial charge in [0.05, 0.1) is 12.0 Å². The molecule has 0 spiro atoms. The number of ether oxygens (including phenoxy) is 1. The van der Waals surface area contributed by atoms with Gasteiger partial charge in [-0.2, -0.15) is 0 Å². The van der Waals surface area contributed by atoms with Crippen molar-refractivity contribution in [2.45, 2.75) is 33.1 Å². The second-order valence-electron chi connectivity index (χ2n) is 5.46. The van der Waals surface area contributed by atoms with Crippen LogP contribution in [-0.2, 0) is 9.53 Å². The molecule has 0 aliphatic carbocycles. The lowest BCUT2D eigenvalue weighted by atomic mass is 9.85. The number of hydrogen-bond donors (Lipinski definition) is 1. The molecular weight excluding hydrogens is 218 g/mol. The van der Waals surface area contributed by atoms with E-state index in [1.165, 1.54) is 0 Å². The minimum absolute atomic E-state index is 0.569. The highest BCUT2D eigenvalue weighted by molar-refractivity contribution is 5.74. The zero-order valence-electron chi connectivity index (χ0n) is 11.2. The van der Waals surface area contributed by atoms with Crippen LogP contribution >= 0.6 is 0 Å². The number of carboxylic acid groups (broad SMARTS) is 1. The first-order chi connectivity index (χ1) is 8.01. The van der Waals surface area contributed by atoms with Gasteiger partial charge in [0.2, 0.25) is 0 Å². The van der Waals surface area contributed by atoms with E-state index in [1.54, 1.807) is 7.11 Å². The second-order valence-corrected chi connectivity index (χ2v) is 5.46. The summed E-state index contributed by atoms with van der Waals surface area (Å²) in [6.07, 6.45) is 2.78. The summed E-state index contributed by atoms with van der Waals surface area (Å²) in [5.41, 5.74) is -0.600. The molecule has 1 N–H and O–H groups in total. The molecule has 4 heteroatoms. The molecule has 4 nitrogen and oxygen atoms in total. The highest BCUT2D eigenvalue weighted by Gasteiger charge is 2.36. The lowest BCUT2D eigenvalue weighted by Gasteiger charge is -2.29. The Kier molecular flexibility index (Phi) is 5.40. The lowest BCUT2D eigenvalue weighted by molar-refractivity contribution is -0.149. The average molecular weight is 243 g/mol. The lowest BCUT2D eigenvalue weighted by Crippen LogP contribution is -2.40. The van der Waals surface area contributed by atoms with E-state index in [0.29, 0.717) is 12.5 Å². The van der Waals surface area contributed by atoms with E-state index < -0.39 is 11.4 Å². The van der Waals surface area contributed by atoms with E-state index in [2.05, 4.69) is 4.90 Å². The predicted octanol–water partition coefficient (Wildman–Crippen LogP) is 1.85. The van der Waals surface area contributed by atoms with Crippen LogP contribution in [0.4, 0.5) is 0 Å². The van der Waals surface area contributed by atoms with Crippen LogP contribution in [0.3, 0.4) is 0 Å². The van der Waals surface area contributed by atoms with Crippen molar-refractivity contribution in [3.63, 3.8) is 0 Å². The molecule has 0 aromatic carbocycles. The molecule has 2 unspecified atom stereocenters. The Bertz CT molecular complexity index is 257. The Morgan fingerprint density at radius 1 is 1.59 bits per heavy atom. The summed E-state index contributed by atoms with van der Waals surface area (Å²) in [5.74, 6) is -0.103. The number of hydrogen-bond acceptors (Lipinski definition) is 3. The van der Waals surface area contributed by atoms with Crippen molar-refractivity contribution in [2.24, 2.45) is 11.3 Å². The number of likely N-dealkylation sites (tertiary alicyclic amines) is 1. The third-order valence-corrected chi connectivity index (χ3v) is 3.66. The van der Waals surface area contributed by atoms with Gasteiger partial charge in [0.25, 0.3) is 0 Å². The molecule has 0 aromatic heterocycles. The molecule has 17 heavy (non-hydrogen) atoms. The van der Waals surface area contributed by atoms with Gasteiger partial charge in [-0.05, 0) is 32.2 Å². The van der Waals surface area contributed by atoms with E-state index in [4.69, 9.17) is 4.74 Å². The molecule has 0 amide bonds. The van der Waals surface area contributed by atoms with Crippen molar-refractivity contribution in [3.8, 4) is 0 Å². The summed E-state index contributed by atoms with van der Waals surface area (Å²) in [4.78, 5) is 13.6. The van der Waals surface area contributed by atoms with Gasteiger partial charge in [0.1, 0.15) is 0 Å². The Balaban J connectivity index is 2.49. The van der Waals surface area contributed by atoms with Crippen molar-refractivity contribution < 1.29 is 14.6 Å². The standard InChI is InChI=1S/C13H25NO3/c1-4-6-13(2,12(15)16)10-14-7-5-11(8-14)9-17-3/h11H,4-10H2,1-3H3,(H,15,16). The molecular formula is C13H25NO3. The van der Waals surface area contributed by atoms with Crippen LogP contribution in [0.5, 0.6) is 0 Å². The SMILES string of the molecule is CCCC(C)(CN1CCC(COC)C1)C(=O)O. The van der Waals surface area contributed by atoms with Gasteiger partial charge >= 0.3 is 5.97 Å². The molecule has 0 aromatic rings. The van der Waals surface area contributed by atoms with Gasteiger partial charge in [0.15, 0.2) is 0 Å². The van der Waals surface area contributed by atoms with Crippen LogP contribution in [0, 0.1) is 11.3 Å². The van der Waals surface area contributed by atoms with Crippen LogP contribution in [0.1, 0.15) is 33.1 Å². The minimum atomic E-state index is -0.672. The van der Waals surface area contributed by atoms with Gasteiger partial charge in [-0.1, -0.05) is 13.3 Å². The molecule has 100 valence electrons. The van der Waals surface area contributed by atoms with Gasteiger partial charge in [0, 0.05) is 20.2 Å². The fourth-order valence-corrected chi connectivity index (χ4v) is 2.73. The summed E-state index contributed by atoms with van der Waals surface area (Å²) in [6.45, 7) is 7.33. The summed E-state index contributed by atoms with van der Waals surface area (Å²) in [6, 6.07) is 0. The van der Waals surface area contributed by atoms with Crippen LogP contribution in [0.25, 0.3) is 0 Å². The highest BCUT2D eigenvalue weighted by atomic mass is 16.5. The first-order valence-electron chi connectivity index (χ1n) is 6.46. The Labute approximate surface area is 104 Å². The second kappa shape index (κ2) is 6.36. The van der Waals surface area contributed by atoms with Crippen molar-refractivity contribution in [2.75, 3.05) is 33.4 Å². The fourth-order valence-electron chi connectivity index (χ4n) is 2.73. The first-order valence-corrected chi connectivity index (χ1v) is 6.46. The van der Waals surface area contributed by atoms with Crippen molar-refractivity contribution in [1.29, 1.82) is 0 Å². The largest absolute Gasteiger partial charge is 0.481 e. The number of aliphatic carboxylic acids is 1. The van der Waals surface area contributed by atoms with Gasteiger partial charge < -0.3 is 14.7 Å². The maximum atomic E-state index is 11.4. The molecule has 1 heterocycles. The number of methoxy groups -OCH3 is 1. The predicted molar refractivity (Wildman–Crippen MR) is 67.1 cm³/mol. The number of carbonyl (C=O) groups is 1. The number of rotatable bonds is 7. The van der Waals surface area contributed by atoms with Crippen LogP contribution in [0.2, 0.25) is 0 Å². The number of carboxylic acids is 1. The third kappa shape index (κ3) is 3.96. The third-order valence-electron chi connectivity index (χ3n) is 3.66. The monoisotopic (exact) mass is 243 g/mol.